The molecule has 1 aromatic rings. The molecule has 5 nitrogen and oxygen atoms in total. The number of aromatic hydroxyl groups is 1. The van der Waals surface area contributed by atoms with E-state index in [1.807, 2.05) is 0 Å². The number of nitrogens with two attached hydrogens (primary N) is 1. The summed E-state index contributed by atoms with van der Waals surface area (Å²) in [6, 6.07) is 4.70. The standard InChI is InChI=1S/C11H15NO4/c1-15-10-4-3-7(5-9(10)13)8(6-12)11(14)16-2/h3-5,8,13H,6,12H2,1-2H3. The average molecular weight is 225 g/mol. The second-order valence-electron chi connectivity index (χ2n) is 3.24. The van der Waals surface area contributed by atoms with E-state index in [2.05, 4.69) is 4.74 Å². The van der Waals surface area contributed by atoms with E-state index >= 15 is 0 Å². The smallest absolute Gasteiger partial charge is 0.314 e. The number of hydrogen-bond donors (Lipinski definition) is 2. The Hall–Kier alpha value is -1.75. The molecule has 5 heteroatoms. The van der Waals surface area contributed by atoms with Crippen LogP contribution in [0.25, 0.3) is 0 Å². The Kier molecular flexibility index (Phi) is 4.13. The number of esters is 1. The molecular formula is C11H15NO4. The second kappa shape index (κ2) is 5.37. The summed E-state index contributed by atoms with van der Waals surface area (Å²) in [7, 11) is 2.75. The number of carbonyl (C=O) groups excluding carboxylic acids is 1. The van der Waals surface area contributed by atoms with Gasteiger partial charge in [-0.3, -0.25) is 4.79 Å². The van der Waals surface area contributed by atoms with Crippen molar-refractivity contribution in [2.24, 2.45) is 5.73 Å². The third-order valence-corrected chi connectivity index (χ3v) is 2.33. The van der Waals surface area contributed by atoms with Crippen molar-refractivity contribution in [3.63, 3.8) is 0 Å². The minimum atomic E-state index is -0.568. The van der Waals surface area contributed by atoms with Gasteiger partial charge < -0.3 is 20.3 Å². The van der Waals surface area contributed by atoms with Crippen molar-refractivity contribution in [1.82, 2.24) is 0 Å². The van der Waals surface area contributed by atoms with Crippen LogP contribution in [0.3, 0.4) is 0 Å². The molecule has 1 aromatic carbocycles. The molecule has 0 saturated heterocycles. The molecule has 0 aliphatic heterocycles. The zero-order chi connectivity index (χ0) is 12.1. The summed E-state index contributed by atoms with van der Waals surface area (Å²) >= 11 is 0. The minimum absolute atomic E-state index is 0.0256. The van der Waals surface area contributed by atoms with Crippen LogP contribution in [-0.4, -0.2) is 31.8 Å². The molecule has 16 heavy (non-hydrogen) atoms. The van der Waals surface area contributed by atoms with E-state index in [4.69, 9.17) is 10.5 Å². The molecule has 3 N–H and O–H groups in total. The van der Waals surface area contributed by atoms with Crippen molar-refractivity contribution in [1.29, 1.82) is 0 Å². The van der Waals surface area contributed by atoms with Crippen molar-refractivity contribution in [3.05, 3.63) is 23.8 Å². The summed E-state index contributed by atoms with van der Waals surface area (Å²) in [5, 5.41) is 9.57. The number of phenols is 1. The predicted molar refractivity (Wildman–Crippen MR) is 58.5 cm³/mol. The fourth-order valence-electron chi connectivity index (χ4n) is 1.43. The predicted octanol–water partition coefficient (Wildman–Crippen LogP) is 0.616. The number of benzene rings is 1. The first-order valence-electron chi connectivity index (χ1n) is 4.78. The highest BCUT2D eigenvalue weighted by Gasteiger charge is 2.20. The fraction of sp³-hybridized carbons (Fsp3) is 0.364. The van der Waals surface area contributed by atoms with E-state index < -0.39 is 11.9 Å². The molecule has 0 amide bonds. The zero-order valence-corrected chi connectivity index (χ0v) is 9.27. The first kappa shape index (κ1) is 12.3. The van der Waals surface area contributed by atoms with Gasteiger partial charge in [-0.1, -0.05) is 6.07 Å². The van der Waals surface area contributed by atoms with Gasteiger partial charge in [-0.2, -0.15) is 0 Å². The van der Waals surface area contributed by atoms with E-state index in [1.54, 1.807) is 12.1 Å². The molecule has 0 saturated carbocycles. The zero-order valence-electron chi connectivity index (χ0n) is 9.27. The lowest BCUT2D eigenvalue weighted by Crippen LogP contribution is -2.22. The van der Waals surface area contributed by atoms with Crippen LogP contribution in [-0.2, 0) is 9.53 Å². The lowest BCUT2D eigenvalue weighted by atomic mass is 9.99. The van der Waals surface area contributed by atoms with Crippen LogP contribution < -0.4 is 10.5 Å². The lowest BCUT2D eigenvalue weighted by Gasteiger charge is -2.13. The van der Waals surface area contributed by atoms with E-state index in [9.17, 15) is 9.90 Å². The summed E-state index contributed by atoms with van der Waals surface area (Å²) in [6.07, 6.45) is 0. The summed E-state index contributed by atoms with van der Waals surface area (Å²) in [6.45, 7) is 0.123. The van der Waals surface area contributed by atoms with Gasteiger partial charge in [-0.25, -0.2) is 0 Å². The Balaban J connectivity index is 3.03. The highest BCUT2D eigenvalue weighted by atomic mass is 16.5. The number of carbonyl (C=O) groups is 1. The molecule has 0 aromatic heterocycles. The van der Waals surface area contributed by atoms with Gasteiger partial charge in [0.05, 0.1) is 20.1 Å². The molecular weight excluding hydrogens is 210 g/mol. The van der Waals surface area contributed by atoms with Gasteiger partial charge in [0.15, 0.2) is 11.5 Å². The minimum Gasteiger partial charge on any atom is -0.504 e. The molecule has 1 unspecified atom stereocenters. The maximum atomic E-state index is 11.4. The Labute approximate surface area is 93.8 Å². The largest absolute Gasteiger partial charge is 0.504 e. The van der Waals surface area contributed by atoms with Crippen LogP contribution in [0.4, 0.5) is 0 Å². The van der Waals surface area contributed by atoms with Crippen molar-refractivity contribution in [2.75, 3.05) is 20.8 Å². The Bertz CT molecular complexity index is 378. The molecule has 0 radical (unpaired) electrons. The third kappa shape index (κ3) is 2.43. The molecule has 0 bridgehead atoms. The highest BCUT2D eigenvalue weighted by molar-refractivity contribution is 5.78. The highest BCUT2D eigenvalue weighted by Crippen LogP contribution is 2.29. The molecule has 0 fully saturated rings. The van der Waals surface area contributed by atoms with Crippen molar-refractivity contribution in [3.8, 4) is 11.5 Å². The number of rotatable bonds is 4. The third-order valence-electron chi connectivity index (χ3n) is 2.33. The monoisotopic (exact) mass is 225 g/mol. The normalized spacial score (nSPS) is 11.9. The van der Waals surface area contributed by atoms with E-state index in [0.717, 1.165) is 0 Å². The summed E-state index contributed by atoms with van der Waals surface area (Å²) in [5.74, 6) is -0.666. The van der Waals surface area contributed by atoms with E-state index in [0.29, 0.717) is 11.3 Å². The van der Waals surface area contributed by atoms with Gasteiger partial charge in [0.25, 0.3) is 0 Å². The first-order valence-corrected chi connectivity index (χ1v) is 4.78. The molecule has 1 rings (SSSR count). The Morgan fingerprint density at radius 3 is 2.62 bits per heavy atom. The fourth-order valence-corrected chi connectivity index (χ4v) is 1.43. The van der Waals surface area contributed by atoms with Crippen LogP contribution in [0, 0.1) is 0 Å². The number of ether oxygens (including phenoxy) is 2. The van der Waals surface area contributed by atoms with Crippen LogP contribution in [0.5, 0.6) is 11.5 Å². The maximum Gasteiger partial charge on any atom is 0.314 e. The summed E-state index contributed by atoms with van der Waals surface area (Å²) in [5.41, 5.74) is 6.09. The van der Waals surface area contributed by atoms with Gasteiger partial charge in [0, 0.05) is 6.54 Å². The first-order chi connectivity index (χ1) is 7.63. The van der Waals surface area contributed by atoms with Gasteiger partial charge in [-0.05, 0) is 17.7 Å². The Morgan fingerprint density at radius 2 is 2.19 bits per heavy atom. The number of hydrogen-bond acceptors (Lipinski definition) is 5. The van der Waals surface area contributed by atoms with Crippen molar-refractivity contribution in [2.45, 2.75) is 5.92 Å². The van der Waals surface area contributed by atoms with Crippen molar-refractivity contribution < 1.29 is 19.4 Å². The second-order valence-corrected chi connectivity index (χ2v) is 3.24. The maximum absolute atomic E-state index is 11.4. The SMILES string of the molecule is COC(=O)C(CN)c1ccc(OC)c(O)c1. The van der Waals surface area contributed by atoms with Crippen molar-refractivity contribution >= 4 is 5.97 Å². The van der Waals surface area contributed by atoms with E-state index in [1.165, 1.54) is 20.3 Å². The summed E-state index contributed by atoms with van der Waals surface area (Å²) < 4.78 is 9.52. The molecule has 0 aliphatic rings. The van der Waals surface area contributed by atoms with Crippen LogP contribution >= 0.6 is 0 Å². The number of phenolic OH excluding ortho intramolecular Hbond substituents is 1. The molecule has 0 aliphatic carbocycles. The lowest BCUT2D eigenvalue weighted by molar-refractivity contribution is -0.142. The molecule has 88 valence electrons. The van der Waals surface area contributed by atoms with Gasteiger partial charge in [0.2, 0.25) is 0 Å². The van der Waals surface area contributed by atoms with Crippen LogP contribution in [0.1, 0.15) is 11.5 Å². The topological polar surface area (TPSA) is 81.8 Å². The molecule has 0 heterocycles. The Morgan fingerprint density at radius 1 is 1.50 bits per heavy atom. The quantitative estimate of drug-likeness (QED) is 0.734. The van der Waals surface area contributed by atoms with Gasteiger partial charge in [0.1, 0.15) is 0 Å². The molecule has 1 atom stereocenters. The summed E-state index contributed by atoms with van der Waals surface area (Å²) in [4.78, 5) is 11.4. The van der Waals surface area contributed by atoms with Gasteiger partial charge >= 0.3 is 5.97 Å². The van der Waals surface area contributed by atoms with Gasteiger partial charge in [-0.15, -0.1) is 0 Å². The van der Waals surface area contributed by atoms with Crippen LogP contribution in [0.15, 0.2) is 18.2 Å². The number of methoxy groups -OCH3 is 2. The van der Waals surface area contributed by atoms with E-state index in [-0.39, 0.29) is 12.3 Å². The average Bonchev–Trinajstić information content (AvgIpc) is 2.30. The van der Waals surface area contributed by atoms with Crippen LogP contribution in [0.2, 0.25) is 0 Å². The molecule has 0 spiro atoms.